The topological polar surface area (TPSA) is 69.7 Å². The van der Waals surface area contributed by atoms with Crippen molar-refractivity contribution in [1.82, 2.24) is 10.3 Å². The number of aromatic nitrogens is 1. The van der Waals surface area contributed by atoms with Crippen molar-refractivity contribution in [3.05, 3.63) is 48.2 Å². The van der Waals surface area contributed by atoms with Crippen molar-refractivity contribution in [2.45, 2.75) is 26.3 Å². The molecule has 0 aliphatic rings. The van der Waals surface area contributed by atoms with Crippen LogP contribution in [0.3, 0.4) is 0 Å². The number of carbonyl (C=O) groups is 1. The van der Waals surface area contributed by atoms with Gasteiger partial charge in [0, 0.05) is 25.2 Å². The highest BCUT2D eigenvalue weighted by Crippen LogP contribution is 2.26. The summed E-state index contributed by atoms with van der Waals surface area (Å²) in [7, 11) is 1.56. The van der Waals surface area contributed by atoms with E-state index in [1.54, 1.807) is 19.4 Å². The fourth-order valence-electron chi connectivity index (χ4n) is 2.22. The van der Waals surface area contributed by atoms with Crippen LogP contribution in [0.1, 0.15) is 25.3 Å². The zero-order chi connectivity index (χ0) is 17.9. The molecular formula is C19H24N2O4. The molecular weight excluding hydrogens is 320 g/mol. The third-order valence-corrected chi connectivity index (χ3v) is 3.45. The molecule has 6 heteroatoms. The molecule has 1 aromatic heterocycles. The Hall–Kier alpha value is -2.76. The summed E-state index contributed by atoms with van der Waals surface area (Å²) >= 11 is 0. The normalized spacial score (nSPS) is 10.2. The van der Waals surface area contributed by atoms with E-state index < -0.39 is 0 Å². The standard InChI is InChI=1S/C19H24N2O4/c1-3-24-16-7-4-5-8-17(16)25-12-6-9-18(22)21-14-15-10-11-20-19(13-15)23-2/h4-5,7-8,10-11,13H,3,6,9,12,14H2,1-2H3,(H,21,22). The average Bonchev–Trinajstić information content (AvgIpc) is 2.65. The fourth-order valence-corrected chi connectivity index (χ4v) is 2.22. The minimum atomic E-state index is -0.0162. The maximum atomic E-state index is 11.9. The number of ether oxygens (including phenoxy) is 3. The van der Waals surface area contributed by atoms with Crippen LogP contribution in [0, 0.1) is 0 Å². The van der Waals surface area contributed by atoms with E-state index in [1.165, 1.54) is 0 Å². The van der Waals surface area contributed by atoms with Crippen LogP contribution in [0.15, 0.2) is 42.6 Å². The first kappa shape index (κ1) is 18.6. The van der Waals surface area contributed by atoms with Gasteiger partial charge in [0.2, 0.25) is 11.8 Å². The first-order valence-electron chi connectivity index (χ1n) is 8.33. The number of nitrogens with zero attached hydrogens (tertiary/aromatic N) is 1. The predicted octanol–water partition coefficient (Wildman–Crippen LogP) is 2.96. The Kier molecular flexibility index (Phi) is 7.56. The second-order valence-electron chi connectivity index (χ2n) is 5.31. The highest BCUT2D eigenvalue weighted by Gasteiger charge is 2.05. The van der Waals surface area contributed by atoms with Crippen LogP contribution in [-0.2, 0) is 11.3 Å². The predicted molar refractivity (Wildman–Crippen MR) is 95.0 cm³/mol. The molecule has 0 atom stereocenters. The molecule has 0 aliphatic heterocycles. The molecule has 0 fully saturated rings. The van der Waals surface area contributed by atoms with E-state index in [-0.39, 0.29) is 5.91 Å². The lowest BCUT2D eigenvalue weighted by Crippen LogP contribution is -2.23. The number of amides is 1. The van der Waals surface area contributed by atoms with E-state index in [1.807, 2.05) is 37.3 Å². The van der Waals surface area contributed by atoms with E-state index in [0.717, 1.165) is 11.3 Å². The molecule has 0 aliphatic carbocycles. The van der Waals surface area contributed by atoms with Crippen LogP contribution in [0.2, 0.25) is 0 Å². The molecule has 0 bridgehead atoms. The Morgan fingerprint density at radius 2 is 1.92 bits per heavy atom. The number of hydrogen-bond acceptors (Lipinski definition) is 5. The minimum absolute atomic E-state index is 0.0162. The quantitative estimate of drug-likeness (QED) is 0.671. The Bertz CT molecular complexity index is 676. The fraction of sp³-hybridized carbons (Fsp3) is 0.368. The highest BCUT2D eigenvalue weighted by molar-refractivity contribution is 5.75. The van der Waals surface area contributed by atoms with Gasteiger partial charge < -0.3 is 19.5 Å². The monoisotopic (exact) mass is 344 g/mol. The first-order valence-corrected chi connectivity index (χ1v) is 8.33. The van der Waals surface area contributed by atoms with Gasteiger partial charge in [0.15, 0.2) is 11.5 Å². The van der Waals surface area contributed by atoms with Gasteiger partial charge in [-0.3, -0.25) is 4.79 Å². The molecule has 1 aromatic carbocycles. The van der Waals surface area contributed by atoms with E-state index in [9.17, 15) is 4.79 Å². The van der Waals surface area contributed by atoms with Gasteiger partial charge >= 0.3 is 0 Å². The number of methoxy groups -OCH3 is 1. The van der Waals surface area contributed by atoms with Crippen LogP contribution in [0.4, 0.5) is 0 Å². The van der Waals surface area contributed by atoms with E-state index in [4.69, 9.17) is 14.2 Å². The van der Waals surface area contributed by atoms with Crippen molar-refractivity contribution < 1.29 is 19.0 Å². The highest BCUT2D eigenvalue weighted by atomic mass is 16.5. The number of nitrogens with one attached hydrogen (secondary N) is 1. The molecule has 134 valence electrons. The van der Waals surface area contributed by atoms with Crippen molar-refractivity contribution >= 4 is 5.91 Å². The minimum Gasteiger partial charge on any atom is -0.490 e. The van der Waals surface area contributed by atoms with Gasteiger partial charge in [-0.15, -0.1) is 0 Å². The molecule has 6 nitrogen and oxygen atoms in total. The van der Waals surface area contributed by atoms with Crippen molar-refractivity contribution in [1.29, 1.82) is 0 Å². The molecule has 2 rings (SSSR count). The zero-order valence-electron chi connectivity index (χ0n) is 14.7. The smallest absolute Gasteiger partial charge is 0.220 e. The van der Waals surface area contributed by atoms with Gasteiger partial charge in [0.05, 0.1) is 20.3 Å². The second kappa shape index (κ2) is 10.2. The summed E-state index contributed by atoms with van der Waals surface area (Å²) in [5, 5.41) is 2.88. The summed E-state index contributed by atoms with van der Waals surface area (Å²) < 4.78 is 16.3. The van der Waals surface area contributed by atoms with Crippen molar-refractivity contribution in [3.63, 3.8) is 0 Å². The van der Waals surface area contributed by atoms with Crippen LogP contribution >= 0.6 is 0 Å². The Labute approximate surface area is 148 Å². The van der Waals surface area contributed by atoms with Gasteiger partial charge in [-0.1, -0.05) is 12.1 Å². The maximum absolute atomic E-state index is 11.9. The number of benzene rings is 1. The molecule has 25 heavy (non-hydrogen) atoms. The van der Waals surface area contributed by atoms with Crippen LogP contribution in [0.25, 0.3) is 0 Å². The second-order valence-corrected chi connectivity index (χ2v) is 5.31. The molecule has 0 radical (unpaired) electrons. The van der Waals surface area contributed by atoms with Gasteiger partial charge in [-0.05, 0) is 37.1 Å². The molecule has 1 heterocycles. The van der Waals surface area contributed by atoms with Gasteiger partial charge in [-0.2, -0.15) is 0 Å². The molecule has 0 saturated heterocycles. The maximum Gasteiger partial charge on any atom is 0.220 e. The van der Waals surface area contributed by atoms with Crippen molar-refractivity contribution in [2.75, 3.05) is 20.3 Å². The summed E-state index contributed by atoms with van der Waals surface area (Å²) in [6.45, 7) is 3.43. The zero-order valence-corrected chi connectivity index (χ0v) is 14.7. The summed E-state index contributed by atoms with van der Waals surface area (Å²) in [4.78, 5) is 15.9. The van der Waals surface area contributed by atoms with Gasteiger partial charge in [0.25, 0.3) is 0 Å². The Morgan fingerprint density at radius 1 is 1.16 bits per heavy atom. The average molecular weight is 344 g/mol. The third kappa shape index (κ3) is 6.33. The number of carbonyl (C=O) groups excluding carboxylic acids is 1. The summed E-state index contributed by atoms with van der Waals surface area (Å²) in [5.74, 6) is 1.94. The Morgan fingerprint density at radius 3 is 2.64 bits per heavy atom. The van der Waals surface area contributed by atoms with Gasteiger partial charge in [-0.25, -0.2) is 4.98 Å². The van der Waals surface area contributed by atoms with Crippen LogP contribution in [0.5, 0.6) is 17.4 Å². The molecule has 0 unspecified atom stereocenters. The number of hydrogen-bond donors (Lipinski definition) is 1. The third-order valence-electron chi connectivity index (χ3n) is 3.45. The lowest BCUT2D eigenvalue weighted by Gasteiger charge is -2.11. The van der Waals surface area contributed by atoms with Crippen molar-refractivity contribution in [2.24, 2.45) is 0 Å². The van der Waals surface area contributed by atoms with Gasteiger partial charge in [0.1, 0.15) is 0 Å². The molecule has 0 spiro atoms. The Balaban J connectivity index is 1.68. The van der Waals surface area contributed by atoms with E-state index in [2.05, 4.69) is 10.3 Å². The number of pyridine rings is 1. The van der Waals surface area contributed by atoms with E-state index in [0.29, 0.717) is 44.2 Å². The molecule has 0 saturated carbocycles. The van der Waals surface area contributed by atoms with Crippen molar-refractivity contribution in [3.8, 4) is 17.4 Å². The summed E-state index contributed by atoms with van der Waals surface area (Å²) in [6.07, 6.45) is 2.69. The first-order chi connectivity index (χ1) is 12.2. The lowest BCUT2D eigenvalue weighted by molar-refractivity contribution is -0.121. The SMILES string of the molecule is CCOc1ccccc1OCCCC(=O)NCc1ccnc(OC)c1. The number of rotatable bonds is 10. The summed E-state index contributed by atoms with van der Waals surface area (Å²) in [6, 6.07) is 11.2. The molecule has 1 amide bonds. The summed E-state index contributed by atoms with van der Waals surface area (Å²) in [5.41, 5.74) is 0.946. The molecule has 1 N–H and O–H groups in total. The largest absolute Gasteiger partial charge is 0.490 e. The van der Waals surface area contributed by atoms with Crippen LogP contribution < -0.4 is 19.5 Å². The number of para-hydroxylation sites is 2. The molecule has 2 aromatic rings. The van der Waals surface area contributed by atoms with E-state index >= 15 is 0 Å². The lowest BCUT2D eigenvalue weighted by atomic mass is 10.2. The van der Waals surface area contributed by atoms with Crippen LogP contribution in [-0.4, -0.2) is 31.2 Å².